The maximum Gasteiger partial charge on any atom is 0.226 e. The zero-order chi connectivity index (χ0) is 19.8. The van der Waals surface area contributed by atoms with E-state index in [2.05, 4.69) is 33.8 Å². The third kappa shape index (κ3) is 4.27. The molecule has 1 saturated heterocycles. The molecular weight excluding hydrogens is 360 g/mol. The molecule has 1 aliphatic heterocycles. The van der Waals surface area contributed by atoms with Crippen LogP contribution >= 0.6 is 0 Å². The first-order valence-electron chi connectivity index (χ1n) is 9.58. The van der Waals surface area contributed by atoms with E-state index >= 15 is 0 Å². The molecule has 0 aromatic heterocycles. The largest absolute Gasteiger partial charge is 0.340 e. The predicted octanol–water partition coefficient (Wildman–Crippen LogP) is 2.90. The molecule has 6 heteroatoms. The van der Waals surface area contributed by atoms with E-state index in [-0.39, 0.29) is 28.9 Å². The molecule has 1 aromatic carbocycles. The van der Waals surface area contributed by atoms with Gasteiger partial charge in [0, 0.05) is 26.2 Å². The number of piperazine rings is 1. The van der Waals surface area contributed by atoms with Gasteiger partial charge < -0.3 is 4.90 Å². The standard InChI is InChI=1S/C21H30N2O3S/c1-16(2)14-18-19(21(18,3)4)20(24)22-10-12-23(13-11-22)27(25,26)15-17-8-6-5-7-9-17/h5-9,14,18-19H,10-13,15H2,1-4H3/t18-,19+/m1/s1. The maximum absolute atomic E-state index is 12.9. The van der Waals surface area contributed by atoms with Crippen LogP contribution in [0.2, 0.25) is 0 Å². The second-order valence-electron chi connectivity index (χ2n) is 8.53. The summed E-state index contributed by atoms with van der Waals surface area (Å²) >= 11 is 0. The number of nitrogens with zero attached hydrogens (tertiary/aromatic N) is 2. The van der Waals surface area contributed by atoms with Gasteiger partial charge in [0.25, 0.3) is 0 Å². The Balaban J connectivity index is 1.59. The molecule has 0 radical (unpaired) electrons. The van der Waals surface area contributed by atoms with E-state index in [1.54, 1.807) is 0 Å². The molecule has 1 aromatic rings. The Morgan fingerprint density at radius 2 is 1.70 bits per heavy atom. The Labute approximate surface area is 163 Å². The molecule has 5 nitrogen and oxygen atoms in total. The molecule has 0 bridgehead atoms. The summed E-state index contributed by atoms with van der Waals surface area (Å²) in [6, 6.07) is 9.23. The molecule has 2 atom stereocenters. The van der Waals surface area contributed by atoms with Gasteiger partial charge in [0.2, 0.25) is 15.9 Å². The molecule has 0 unspecified atom stereocenters. The highest BCUT2D eigenvalue weighted by Gasteiger charge is 2.61. The van der Waals surface area contributed by atoms with E-state index in [0.717, 1.165) is 5.56 Å². The first-order valence-corrected chi connectivity index (χ1v) is 11.2. The lowest BCUT2D eigenvalue weighted by molar-refractivity contribution is -0.134. The highest BCUT2D eigenvalue weighted by atomic mass is 32.2. The van der Waals surface area contributed by atoms with Crippen LogP contribution in [0.15, 0.2) is 42.0 Å². The lowest BCUT2D eigenvalue weighted by Gasteiger charge is -2.34. The summed E-state index contributed by atoms with van der Waals surface area (Å²) in [4.78, 5) is 14.8. The third-order valence-corrected chi connectivity index (χ3v) is 7.68. The van der Waals surface area contributed by atoms with Crippen molar-refractivity contribution in [2.45, 2.75) is 33.4 Å². The Kier molecular flexibility index (Phi) is 5.50. The average molecular weight is 391 g/mol. The SMILES string of the molecule is CC(C)=C[C@@H]1[C@@H](C(=O)N2CCN(S(=O)(=O)Cc3ccccc3)CC2)C1(C)C. The van der Waals surface area contributed by atoms with E-state index in [1.165, 1.54) is 9.88 Å². The van der Waals surface area contributed by atoms with Gasteiger partial charge >= 0.3 is 0 Å². The van der Waals surface area contributed by atoms with Gasteiger partial charge in [-0.1, -0.05) is 55.8 Å². The molecular formula is C21H30N2O3S. The smallest absolute Gasteiger partial charge is 0.226 e. The van der Waals surface area contributed by atoms with Crippen molar-refractivity contribution in [2.75, 3.05) is 26.2 Å². The van der Waals surface area contributed by atoms with Gasteiger partial charge in [-0.05, 0) is 30.7 Å². The van der Waals surface area contributed by atoms with Crippen LogP contribution < -0.4 is 0 Å². The fourth-order valence-corrected chi connectivity index (χ4v) is 5.59. The van der Waals surface area contributed by atoms with Crippen LogP contribution in [0.5, 0.6) is 0 Å². The zero-order valence-electron chi connectivity index (χ0n) is 16.7. The summed E-state index contributed by atoms with van der Waals surface area (Å²) in [7, 11) is -3.35. The molecule has 1 heterocycles. The molecule has 1 saturated carbocycles. The van der Waals surface area contributed by atoms with Crippen molar-refractivity contribution in [1.29, 1.82) is 0 Å². The Morgan fingerprint density at radius 3 is 2.26 bits per heavy atom. The van der Waals surface area contributed by atoms with Crippen molar-refractivity contribution in [2.24, 2.45) is 17.3 Å². The summed E-state index contributed by atoms with van der Waals surface area (Å²) in [6.45, 7) is 10.1. The first-order chi connectivity index (χ1) is 12.6. The number of hydrogen-bond acceptors (Lipinski definition) is 3. The van der Waals surface area contributed by atoms with Crippen LogP contribution in [-0.4, -0.2) is 49.7 Å². The maximum atomic E-state index is 12.9. The number of benzene rings is 1. The Hall–Kier alpha value is -1.66. The predicted molar refractivity (Wildman–Crippen MR) is 107 cm³/mol. The summed E-state index contributed by atoms with van der Waals surface area (Å²) < 4.78 is 26.9. The van der Waals surface area contributed by atoms with E-state index in [1.807, 2.05) is 35.2 Å². The summed E-state index contributed by atoms with van der Waals surface area (Å²) in [6.07, 6.45) is 2.20. The van der Waals surface area contributed by atoms with E-state index in [9.17, 15) is 13.2 Å². The molecule has 0 N–H and O–H groups in total. The third-order valence-electron chi connectivity index (χ3n) is 5.83. The fraction of sp³-hybridized carbons (Fsp3) is 0.571. The number of amides is 1. The molecule has 27 heavy (non-hydrogen) atoms. The number of carbonyl (C=O) groups excluding carboxylic acids is 1. The topological polar surface area (TPSA) is 57.7 Å². The summed E-state index contributed by atoms with van der Waals surface area (Å²) in [5, 5.41) is 0. The number of allylic oxidation sites excluding steroid dienone is 2. The number of hydrogen-bond donors (Lipinski definition) is 0. The second-order valence-corrected chi connectivity index (χ2v) is 10.5. The van der Waals surface area contributed by atoms with Gasteiger partial charge in [0.05, 0.1) is 11.7 Å². The normalized spacial score (nSPS) is 25.1. The number of sulfonamides is 1. The minimum Gasteiger partial charge on any atom is -0.340 e. The molecule has 2 aliphatic rings. The van der Waals surface area contributed by atoms with Crippen LogP contribution in [0.25, 0.3) is 0 Å². The number of carbonyl (C=O) groups is 1. The van der Waals surface area contributed by atoms with Crippen LogP contribution in [-0.2, 0) is 20.6 Å². The molecule has 148 valence electrons. The van der Waals surface area contributed by atoms with Crippen molar-refractivity contribution >= 4 is 15.9 Å². The molecule has 2 fully saturated rings. The summed E-state index contributed by atoms with van der Waals surface area (Å²) in [5.41, 5.74) is 2.02. The average Bonchev–Trinajstić information content (AvgIpc) is 3.14. The van der Waals surface area contributed by atoms with Gasteiger partial charge in [-0.25, -0.2) is 8.42 Å². The lowest BCUT2D eigenvalue weighted by atomic mass is 10.1. The quantitative estimate of drug-likeness (QED) is 0.727. The van der Waals surface area contributed by atoms with Gasteiger partial charge in [0.1, 0.15) is 0 Å². The van der Waals surface area contributed by atoms with E-state index in [0.29, 0.717) is 26.2 Å². The molecule has 0 spiro atoms. The first kappa shape index (κ1) is 20.1. The lowest BCUT2D eigenvalue weighted by Crippen LogP contribution is -2.51. The van der Waals surface area contributed by atoms with E-state index < -0.39 is 10.0 Å². The van der Waals surface area contributed by atoms with Crippen LogP contribution in [0.3, 0.4) is 0 Å². The van der Waals surface area contributed by atoms with Crippen LogP contribution in [0.4, 0.5) is 0 Å². The zero-order valence-corrected chi connectivity index (χ0v) is 17.5. The summed E-state index contributed by atoms with van der Waals surface area (Å²) in [5.74, 6) is 0.484. The van der Waals surface area contributed by atoms with Gasteiger partial charge in [-0.15, -0.1) is 0 Å². The molecule has 3 rings (SSSR count). The van der Waals surface area contributed by atoms with Gasteiger partial charge in [-0.2, -0.15) is 4.31 Å². The monoisotopic (exact) mass is 390 g/mol. The fourth-order valence-electron chi connectivity index (χ4n) is 4.08. The van der Waals surface area contributed by atoms with Crippen molar-refractivity contribution in [3.8, 4) is 0 Å². The molecule has 1 amide bonds. The van der Waals surface area contributed by atoms with Crippen molar-refractivity contribution < 1.29 is 13.2 Å². The van der Waals surface area contributed by atoms with Gasteiger partial charge in [0.15, 0.2) is 0 Å². The van der Waals surface area contributed by atoms with Crippen molar-refractivity contribution in [1.82, 2.24) is 9.21 Å². The van der Waals surface area contributed by atoms with Gasteiger partial charge in [-0.3, -0.25) is 4.79 Å². The van der Waals surface area contributed by atoms with Crippen LogP contribution in [0.1, 0.15) is 33.3 Å². The van der Waals surface area contributed by atoms with E-state index in [4.69, 9.17) is 0 Å². The van der Waals surface area contributed by atoms with Crippen molar-refractivity contribution in [3.05, 3.63) is 47.5 Å². The Bertz CT molecular complexity index is 818. The molecule has 1 aliphatic carbocycles. The minimum atomic E-state index is -3.35. The highest BCUT2D eigenvalue weighted by molar-refractivity contribution is 7.88. The second kappa shape index (κ2) is 7.40. The number of rotatable bonds is 5. The Morgan fingerprint density at radius 1 is 1.11 bits per heavy atom. The highest BCUT2D eigenvalue weighted by Crippen LogP contribution is 2.60. The van der Waals surface area contributed by atoms with Crippen molar-refractivity contribution in [3.63, 3.8) is 0 Å². The van der Waals surface area contributed by atoms with Crippen LogP contribution in [0, 0.1) is 17.3 Å². The minimum absolute atomic E-state index is 0.00905.